The van der Waals surface area contributed by atoms with E-state index in [1.165, 1.54) is 0 Å². The van der Waals surface area contributed by atoms with Crippen LogP contribution in [0.1, 0.15) is 12.7 Å². The molecule has 0 aromatic carbocycles. The van der Waals surface area contributed by atoms with Crippen molar-refractivity contribution < 1.29 is 9.21 Å². The highest BCUT2D eigenvalue weighted by Gasteiger charge is 2.42. The van der Waals surface area contributed by atoms with Crippen LogP contribution < -0.4 is 5.32 Å². The average molecular weight is 277 g/mol. The number of likely N-dealkylation sites (tertiary alicyclic amines) is 1. The van der Waals surface area contributed by atoms with Crippen LogP contribution in [0.5, 0.6) is 0 Å². The molecule has 2 fully saturated rings. The van der Waals surface area contributed by atoms with Crippen molar-refractivity contribution in [3.05, 3.63) is 24.2 Å². The first-order chi connectivity index (χ1) is 9.65. The number of nitrogens with one attached hydrogen (secondary N) is 1. The topological polar surface area (TPSA) is 48.7 Å². The molecular formula is C15H23N3O2. The fraction of sp³-hybridized carbons (Fsp3) is 0.667. The molecule has 0 spiro atoms. The van der Waals surface area contributed by atoms with Crippen molar-refractivity contribution >= 4 is 5.91 Å². The summed E-state index contributed by atoms with van der Waals surface area (Å²) in [7, 11) is 1.84. The number of rotatable bonds is 4. The largest absolute Gasteiger partial charge is 0.467 e. The predicted octanol–water partition coefficient (Wildman–Crippen LogP) is 0.778. The van der Waals surface area contributed by atoms with E-state index in [4.69, 9.17) is 4.42 Å². The lowest BCUT2D eigenvalue weighted by Gasteiger charge is -2.26. The van der Waals surface area contributed by atoms with Gasteiger partial charge in [0, 0.05) is 19.6 Å². The first kappa shape index (κ1) is 13.6. The molecule has 1 aromatic rings. The predicted molar refractivity (Wildman–Crippen MR) is 76.1 cm³/mol. The Morgan fingerprint density at radius 3 is 3.10 bits per heavy atom. The van der Waals surface area contributed by atoms with E-state index in [1.54, 1.807) is 11.2 Å². The standard InChI is InChI=1S/C15H23N3O2/c1-11-14-7-16-6-12(14)8-18(11)10-15(19)17(2)9-13-4-3-5-20-13/h3-5,11-12,14,16H,6-10H2,1-2H3. The zero-order chi connectivity index (χ0) is 14.1. The zero-order valence-corrected chi connectivity index (χ0v) is 12.2. The highest BCUT2D eigenvalue weighted by Crippen LogP contribution is 2.31. The number of fused-ring (bicyclic) bond motifs is 1. The summed E-state index contributed by atoms with van der Waals surface area (Å²) >= 11 is 0. The van der Waals surface area contributed by atoms with Gasteiger partial charge in [0.2, 0.25) is 5.91 Å². The van der Waals surface area contributed by atoms with E-state index in [-0.39, 0.29) is 5.91 Å². The molecule has 2 aliphatic rings. The molecule has 2 aliphatic heterocycles. The monoisotopic (exact) mass is 277 g/mol. The van der Waals surface area contributed by atoms with Gasteiger partial charge < -0.3 is 14.6 Å². The maximum Gasteiger partial charge on any atom is 0.236 e. The third-order valence-electron chi connectivity index (χ3n) is 4.79. The molecule has 0 radical (unpaired) electrons. The summed E-state index contributed by atoms with van der Waals surface area (Å²) in [6.07, 6.45) is 1.64. The third kappa shape index (κ3) is 2.60. The molecule has 1 aromatic heterocycles. The smallest absolute Gasteiger partial charge is 0.236 e. The van der Waals surface area contributed by atoms with E-state index in [1.807, 2.05) is 19.2 Å². The highest BCUT2D eigenvalue weighted by molar-refractivity contribution is 5.78. The summed E-state index contributed by atoms with van der Waals surface area (Å²) in [6.45, 7) is 6.55. The summed E-state index contributed by atoms with van der Waals surface area (Å²) in [5.41, 5.74) is 0. The summed E-state index contributed by atoms with van der Waals surface area (Å²) in [6, 6.07) is 4.25. The van der Waals surface area contributed by atoms with Crippen LogP contribution >= 0.6 is 0 Å². The Balaban J connectivity index is 1.54. The van der Waals surface area contributed by atoms with Crippen molar-refractivity contribution in [2.45, 2.75) is 19.5 Å². The van der Waals surface area contributed by atoms with Crippen molar-refractivity contribution in [1.82, 2.24) is 15.1 Å². The average Bonchev–Trinajstić information content (AvgIpc) is 3.11. The number of nitrogens with zero attached hydrogens (tertiary/aromatic N) is 2. The molecule has 2 saturated heterocycles. The molecule has 3 heterocycles. The van der Waals surface area contributed by atoms with Gasteiger partial charge in [-0.05, 0) is 44.0 Å². The molecule has 5 nitrogen and oxygen atoms in total. The second-order valence-electron chi connectivity index (χ2n) is 6.08. The molecule has 3 unspecified atom stereocenters. The zero-order valence-electron chi connectivity index (χ0n) is 12.2. The van der Waals surface area contributed by atoms with Gasteiger partial charge in [0.05, 0.1) is 19.4 Å². The molecule has 0 bridgehead atoms. The Labute approximate surface area is 119 Å². The number of carbonyl (C=O) groups is 1. The minimum Gasteiger partial charge on any atom is -0.467 e. The number of amides is 1. The van der Waals surface area contributed by atoms with Crippen LogP contribution in [-0.2, 0) is 11.3 Å². The third-order valence-corrected chi connectivity index (χ3v) is 4.79. The summed E-state index contributed by atoms with van der Waals surface area (Å²) in [4.78, 5) is 16.4. The van der Waals surface area contributed by atoms with Crippen LogP contribution in [0.2, 0.25) is 0 Å². The van der Waals surface area contributed by atoms with Gasteiger partial charge in [-0.15, -0.1) is 0 Å². The highest BCUT2D eigenvalue weighted by atomic mass is 16.3. The Bertz CT molecular complexity index is 460. The van der Waals surface area contributed by atoms with Crippen LogP contribution in [0.4, 0.5) is 0 Å². The van der Waals surface area contributed by atoms with Crippen molar-refractivity contribution in [1.29, 1.82) is 0 Å². The normalized spacial score (nSPS) is 29.6. The fourth-order valence-corrected chi connectivity index (χ4v) is 3.48. The number of furan rings is 1. The Morgan fingerprint density at radius 1 is 1.55 bits per heavy atom. The minimum atomic E-state index is 0.168. The molecule has 0 aliphatic carbocycles. The van der Waals surface area contributed by atoms with Crippen molar-refractivity contribution in [2.75, 3.05) is 33.2 Å². The van der Waals surface area contributed by atoms with E-state index in [0.29, 0.717) is 31.0 Å². The Morgan fingerprint density at radius 2 is 2.40 bits per heavy atom. The van der Waals surface area contributed by atoms with Crippen LogP contribution in [0.3, 0.4) is 0 Å². The van der Waals surface area contributed by atoms with E-state index < -0.39 is 0 Å². The molecular weight excluding hydrogens is 254 g/mol. The lowest BCUT2D eigenvalue weighted by atomic mass is 9.95. The number of hydrogen-bond acceptors (Lipinski definition) is 4. The van der Waals surface area contributed by atoms with Crippen LogP contribution in [0, 0.1) is 11.8 Å². The maximum atomic E-state index is 12.3. The van der Waals surface area contributed by atoms with Crippen LogP contribution in [0.25, 0.3) is 0 Å². The van der Waals surface area contributed by atoms with Crippen molar-refractivity contribution in [3.8, 4) is 0 Å². The molecule has 0 saturated carbocycles. The minimum absolute atomic E-state index is 0.168. The van der Waals surface area contributed by atoms with Gasteiger partial charge in [0.1, 0.15) is 5.76 Å². The van der Waals surface area contributed by atoms with E-state index >= 15 is 0 Å². The quantitative estimate of drug-likeness (QED) is 0.883. The van der Waals surface area contributed by atoms with Gasteiger partial charge >= 0.3 is 0 Å². The fourth-order valence-electron chi connectivity index (χ4n) is 3.48. The van der Waals surface area contributed by atoms with Gasteiger partial charge in [-0.1, -0.05) is 0 Å². The first-order valence-electron chi connectivity index (χ1n) is 7.36. The SMILES string of the molecule is CC1C2CNCC2CN1CC(=O)N(C)Cc1ccco1. The number of hydrogen-bond donors (Lipinski definition) is 1. The van der Waals surface area contributed by atoms with Crippen LogP contribution in [-0.4, -0.2) is 55.0 Å². The first-order valence-corrected chi connectivity index (χ1v) is 7.36. The van der Waals surface area contributed by atoms with Crippen molar-refractivity contribution in [3.63, 3.8) is 0 Å². The molecule has 1 amide bonds. The lowest BCUT2D eigenvalue weighted by Crippen LogP contribution is -2.41. The van der Waals surface area contributed by atoms with Gasteiger partial charge in [-0.3, -0.25) is 9.69 Å². The number of carbonyl (C=O) groups excluding carboxylic acids is 1. The molecule has 20 heavy (non-hydrogen) atoms. The number of likely N-dealkylation sites (N-methyl/N-ethyl adjacent to an activating group) is 1. The molecule has 3 rings (SSSR count). The summed E-state index contributed by atoms with van der Waals surface area (Å²) in [5, 5.41) is 3.45. The summed E-state index contributed by atoms with van der Waals surface area (Å²) < 4.78 is 5.29. The van der Waals surface area contributed by atoms with Crippen molar-refractivity contribution in [2.24, 2.45) is 11.8 Å². The van der Waals surface area contributed by atoms with E-state index in [2.05, 4.69) is 17.1 Å². The van der Waals surface area contributed by atoms with Gasteiger partial charge in [0.25, 0.3) is 0 Å². The molecule has 1 N–H and O–H groups in total. The van der Waals surface area contributed by atoms with Gasteiger partial charge in [0.15, 0.2) is 0 Å². The molecule has 110 valence electrons. The Hall–Kier alpha value is -1.33. The maximum absolute atomic E-state index is 12.3. The second-order valence-corrected chi connectivity index (χ2v) is 6.08. The van der Waals surface area contributed by atoms with E-state index in [0.717, 1.165) is 25.4 Å². The second kappa shape index (κ2) is 5.58. The Kier molecular flexibility index (Phi) is 3.81. The summed E-state index contributed by atoms with van der Waals surface area (Å²) in [5.74, 6) is 2.42. The molecule has 5 heteroatoms. The van der Waals surface area contributed by atoms with E-state index in [9.17, 15) is 4.79 Å². The van der Waals surface area contributed by atoms with Crippen LogP contribution in [0.15, 0.2) is 22.8 Å². The van der Waals surface area contributed by atoms with Gasteiger partial charge in [-0.25, -0.2) is 0 Å². The lowest BCUT2D eigenvalue weighted by molar-refractivity contribution is -0.132. The molecule has 3 atom stereocenters. The van der Waals surface area contributed by atoms with Gasteiger partial charge in [-0.2, -0.15) is 0 Å².